The maximum absolute atomic E-state index is 11.7. The summed E-state index contributed by atoms with van der Waals surface area (Å²) in [6.07, 6.45) is 3.87. The van der Waals surface area contributed by atoms with Crippen LogP contribution in [0.4, 0.5) is 11.4 Å². The van der Waals surface area contributed by atoms with E-state index in [1.807, 2.05) is 32.0 Å². The van der Waals surface area contributed by atoms with Crippen molar-refractivity contribution in [2.24, 2.45) is 0 Å². The SMILES string of the molecule is CC.CC1CCCCN1CCCOC(=O)c1ccccc1.CCN(CC)CCOC(=O)c1ccc(N)cc1.CCN(CC)CCOC(O)c1ccc(N)cc1OC. The number of rotatable bonds is 19. The van der Waals surface area contributed by atoms with Crippen molar-refractivity contribution in [1.82, 2.24) is 14.7 Å². The van der Waals surface area contributed by atoms with Gasteiger partial charge in [-0.15, -0.1) is 0 Å². The van der Waals surface area contributed by atoms with Crippen LogP contribution in [-0.2, 0) is 14.2 Å². The van der Waals surface area contributed by atoms with Gasteiger partial charge < -0.3 is 50.2 Å². The van der Waals surface area contributed by atoms with Gasteiger partial charge in [-0.2, -0.15) is 0 Å². The Labute approximate surface area is 343 Å². The minimum atomic E-state index is -0.994. The van der Waals surface area contributed by atoms with Crippen molar-refractivity contribution < 1.29 is 33.6 Å². The van der Waals surface area contributed by atoms with Crippen LogP contribution in [0.1, 0.15) is 107 Å². The Morgan fingerprint density at radius 2 is 1.32 bits per heavy atom. The third-order valence-electron chi connectivity index (χ3n) is 9.56. The molecule has 0 radical (unpaired) electrons. The average molecular weight is 796 g/mol. The van der Waals surface area contributed by atoms with Crippen LogP contribution in [0.5, 0.6) is 5.75 Å². The fraction of sp³-hybridized carbons (Fsp3) is 0.556. The van der Waals surface area contributed by atoms with Gasteiger partial charge in [-0.25, -0.2) is 9.59 Å². The summed E-state index contributed by atoms with van der Waals surface area (Å²) in [6, 6.07) is 21.7. The number of carbonyl (C=O) groups excluding carboxylic acids is 2. The fourth-order valence-electron chi connectivity index (χ4n) is 5.94. The smallest absolute Gasteiger partial charge is 0.338 e. The van der Waals surface area contributed by atoms with E-state index >= 15 is 0 Å². The quantitative estimate of drug-likeness (QED) is 0.0476. The summed E-state index contributed by atoms with van der Waals surface area (Å²) < 4.78 is 21.1. The predicted octanol–water partition coefficient (Wildman–Crippen LogP) is 7.53. The number of likely N-dealkylation sites (tertiary alicyclic amines) is 1. The monoisotopic (exact) mass is 796 g/mol. The van der Waals surface area contributed by atoms with E-state index in [2.05, 4.69) is 49.3 Å². The summed E-state index contributed by atoms with van der Waals surface area (Å²) in [5.74, 6) is 0.0276. The molecule has 1 fully saturated rings. The molecule has 3 aromatic rings. The number of hydrogen-bond donors (Lipinski definition) is 3. The van der Waals surface area contributed by atoms with E-state index in [-0.39, 0.29) is 11.9 Å². The highest BCUT2D eigenvalue weighted by Crippen LogP contribution is 2.28. The van der Waals surface area contributed by atoms with Gasteiger partial charge in [-0.05, 0) is 107 Å². The number of aliphatic hydroxyl groups excluding tert-OH is 1. The number of aliphatic hydroxyl groups is 1. The van der Waals surface area contributed by atoms with Gasteiger partial charge in [0.15, 0.2) is 6.29 Å². The van der Waals surface area contributed by atoms with Crippen LogP contribution in [0, 0.1) is 0 Å². The zero-order valence-corrected chi connectivity index (χ0v) is 36.1. The molecule has 0 bridgehead atoms. The first kappa shape index (κ1) is 50.8. The largest absolute Gasteiger partial charge is 0.496 e. The number of methoxy groups -OCH3 is 1. The molecule has 1 saturated heterocycles. The van der Waals surface area contributed by atoms with Crippen LogP contribution in [0.2, 0.25) is 0 Å². The Morgan fingerprint density at radius 1 is 0.772 bits per heavy atom. The van der Waals surface area contributed by atoms with Crippen LogP contribution in [-0.4, -0.2) is 117 Å². The Balaban J connectivity index is 0.000000419. The van der Waals surface area contributed by atoms with Crippen molar-refractivity contribution in [2.75, 3.05) is 90.8 Å². The molecule has 12 nitrogen and oxygen atoms in total. The van der Waals surface area contributed by atoms with Crippen molar-refractivity contribution >= 4 is 23.3 Å². The van der Waals surface area contributed by atoms with Gasteiger partial charge >= 0.3 is 11.9 Å². The number of nitrogen functional groups attached to an aromatic ring is 2. The van der Waals surface area contributed by atoms with E-state index in [1.54, 1.807) is 61.7 Å². The highest BCUT2D eigenvalue weighted by atomic mass is 16.6. The molecule has 2 atom stereocenters. The van der Waals surface area contributed by atoms with E-state index in [0.717, 1.165) is 52.2 Å². The van der Waals surface area contributed by atoms with Crippen LogP contribution >= 0.6 is 0 Å². The number of nitrogens with two attached hydrogens (primary N) is 2. The van der Waals surface area contributed by atoms with Gasteiger partial charge in [0.1, 0.15) is 12.4 Å². The minimum absolute atomic E-state index is 0.215. The third-order valence-corrected chi connectivity index (χ3v) is 9.56. The molecule has 12 heteroatoms. The number of hydrogen-bond acceptors (Lipinski definition) is 12. The van der Waals surface area contributed by atoms with Crippen LogP contribution in [0.15, 0.2) is 72.8 Å². The molecule has 0 saturated carbocycles. The summed E-state index contributed by atoms with van der Waals surface area (Å²) in [4.78, 5) is 30.3. The first-order valence-corrected chi connectivity index (χ1v) is 20.7. The standard InChI is InChI=1S/C16H23NO2.C14H24N2O3.C13H20N2O2.C2H6/c1-14-8-5-6-11-17(14)12-7-13-19-16(18)15-9-3-2-4-10-15;1-4-16(5-2)8-9-19-14(17)12-7-6-11(15)10-13(12)18-3;1-3-15(4-2)9-10-17-13(16)11-5-7-12(14)8-6-11;1-2/h2-4,9-10,14H,5-8,11-13H2,1H3;6-7,10,14,17H,4-5,8-9,15H2,1-3H3;5-8H,3-4,9-10,14H2,1-2H3;1-2H3. The molecule has 0 aliphatic carbocycles. The molecule has 1 aliphatic heterocycles. The van der Waals surface area contributed by atoms with Gasteiger partial charge in [0.05, 0.1) is 31.5 Å². The molecule has 3 aromatic carbocycles. The molecule has 4 rings (SSSR count). The Bertz CT molecular complexity index is 1470. The van der Waals surface area contributed by atoms with Crippen molar-refractivity contribution in [2.45, 2.75) is 86.5 Å². The second-order valence-corrected chi connectivity index (χ2v) is 13.3. The molecule has 5 N–H and O–H groups in total. The molecule has 1 heterocycles. The summed E-state index contributed by atoms with van der Waals surface area (Å²) in [7, 11) is 1.54. The summed E-state index contributed by atoms with van der Waals surface area (Å²) >= 11 is 0. The molecule has 2 unspecified atom stereocenters. The number of benzene rings is 3. The molecule has 0 spiro atoms. The highest BCUT2D eigenvalue weighted by Gasteiger charge is 2.18. The van der Waals surface area contributed by atoms with E-state index in [4.69, 9.17) is 30.4 Å². The van der Waals surface area contributed by atoms with Crippen LogP contribution < -0.4 is 16.2 Å². The Kier molecular flexibility index (Phi) is 27.5. The number of piperidine rings is 1. The van der Waals surface area contributed by atoms with Crippen molar-refractivity contribution in [1.29, 1.82) is 0 Å². The molecule has 1 aliphatic rings. The van der Waals surface area contributed by atoms with Gasteiger partial charge in [0, 0.05) is 48.7 Å². The van der Waals surface area contributed by atoms with Crippen molar-refractivity contribution in [3.05, 3.63) is 89.5 Å². The lowest BCUT2D eigenvalue weighted by Gasteiger charge is -2.33. The topological polar surface area (TPSA) is 153 Å². The minimum Gasteiger partial charge on any atom is -0.496 e. The number of ether oxygens (including phenoxy) is 4. The molecular formula is C45H73N5O7. The first-order chi connectivity index (χ1) is 27.6. The second kappa shape index (κ2) is 30.9. The molecule has 320 valence electrons. The van der Waals surface area contributed by atoms with Crippen molar-refractivity contribution in [3.8, 4) is 5.75 Å². The normalized spacial score (nSPS) is 14.2. The van der Waals surface area contributed by atoms with Crippen LogP contribution in [0.25, 0.3) is 0 Å². The first-order valence-electron chi connectivity index (χ1n) is 20.7. The van der Waals surface area contributed by atoms with Crippen molar-refractivity contribution in [3.63, 3.8) is 0 Å². The zero-order valence-electron chi connectivity index (χ0n) is 36.1. The maximum Gasteiger partial charge on any atom is 0.338 e. The average Bonchev–Trinajstić information content (AvgIpc) is 3.24. The van der Waals surface area contributed by atoms with Gasteiger partial charge in [-0.1, -0.05) is 66.2 Å². The number of likely N-dealkylation sites (N-methyl/N-ethyl adjacent to an activating group) is 2. The van der Waals surface area contributed by atoms with E-state index < -0.39 is 6.29 Å². The van der Waals surface area contributed by atoms with Crippen LogP contribution in [0.3, 0.4) is 0 Å². The Hall–Kier alpha value is -4.20. The van der Waals surface area contributed by atoms with Gasteiger partial charge in [0.2, 0.25) is 0 Å². The third kappa shape index (κ3) is 20.7. The highest BCUT2D eigenvalue weighted by molar-refractivity contribution is 5.90. The van der Waals surface area contributed by atoms with E-state index in [9.17, 15) is 14.7 Å². The summed E-state index contributed by atoms with van der Waals surface area (Å²) in [5, 5.41) is 10.0. The zero-order chi connectivity index (χ0) is 42.4. The number of carbonyl (C=O) groups is 2. The summed E-state index contributed by atoms with van der Waals surface area (Å²) in [5.41, 5.74) is 14.2. The predicted molar refractivity (Wildman–Crippen MR) is 233 cm³/mol. The lowest BCUT2D eigenvalue weighted by Crippen LogP contribution is -2.38. The number of nitrogens with zero attached hydrogens (tertiary/aromatic N) is 3. The molecular weight excluding hydrogens is 723 g/mol. The van der Waals surface area contributed by atoms with Gasteiger partial charge in [-0.3, -0.25) is 0 Å². The molecule has 0 amide bonds. The molecule has 57 heavy (non-hydrogen) atoms. The summed E-state index contributed by atoms with van der Waals surface area (Å²) in [6.45, 7) is 23.7. The molecule has 0 aromatic heterocycles. The Morgan fingerprint density at radius 3 is 1.88 bits per heavy atom. The lowest BCUT2D eigenvalue weighted by molar-refractivity contribution is -0.107. The number of anilines is 2. The second-order valence-electron chi connectivity index (χ2n) is 13.3. The fourth-order valence-corrected chi connectivity index (χ4v) is 5.94. The van der Waals surface area contributed by atoms with Gasteiger partial charge in [0.25, 0.3) is 0 Å². The van der Waals surface area contributed by atoms with E-state index in [1.165, 1.54) is 25.8 Å². The lowest BCUT2D eigenvalue weighted by atomic mass is 10.0. The maximum atomic E-state index is 11.7. The number of esters is 2. The van der Waals surface area contributed by atoms with E-state index in [0.29, 0.717) is 59.7 Å².